The van der Waals surface area contributed by atoms with Gasteiger partial charge in [-0.1, -0.05) is 44.2 Å². The van der Waals surface area contributed by atoms with Crippen LogP contribution in [0.2, 0.25) is 0 Å². The molecule has 0 fully saturated rings. The number of nitrogens with two attached hydrogens (primary N) is 1. The van der Waals surface area contributed by atoms with Crippen molar-refractivity contribution < 1.29 is 8.42 Å². The molecule has 0 atom stereocenters. The molecule has 84 valence electrons. The number of sulfonamides is 1. The van der Waals surface area contributed by atoms with Gasteiger partial charge in [0.2, 0.25) is 10.0 Å². The first kappa shape index (κ1) is 12.2. The monoisotopic (exact) mass is 227 g/mol. The number of hydrogen-bond donors (Lipinski definition) is 1. The second-order valence-corrected chi connectivity index (χ2v) is 5.48. The van der Waals surface area contributed by atoms with Gasteiger partial charge >= 0.3 is 0 Å². The van der Waals surface area contributed by atoms with Crippen LogP contribution in [0, 0.1) is 0 Å². The highest BCUT2D eigenvalue weighted by molar-refractivity contribution is 7.90. The van der Waals surface area contributed by atoms with E-state index in [1.54, 1.807) is 0 Å². The topological polar surface area (TPSA) is 60.2 Å². The third-order valence-electron chi connectivity index (χ3n) is 2.99. The van der Waals surface area contributed by atoms with Gasteiger partial charge in [0.05, 0.1) is 0 Å². The first-order valence-corrected chi connectivity index (χ1v) is 6.60. The highest BCUT2D eigenvalue weighted by atomic mass is 32.2. The van der Waals surface area contributed by atoms with Gasteiger partial charge in [-0.25, -0.2) is 13.6 Å². The Bertz CT molecular complexity index is 407. The molecule has 0 saturated carbocycles. The molecule has 0 aliphatic carbocycles. The molecule has 1 aromatic rings. The van der Waals surface area contributed by atoms with E-state index in [0.717, 1.165) is 5.56 Å². The van der Waals surface area contributed by atoms with Crippen molar-refractivity contribution >= 4 is 10.0 Å². The van der Waals surface area contributed by atoms with Crippen molar-refractivity contribution in [3.8, 4) is 0 Å². The Morgan fingerprint density at radius 3 is 1.93 bits per heavy atom. The van der Waals surface area contributed by atoms with Crippen LogP contribution in [0.1, 0.15) is 32.3 Å². The molecule has 1 rings (SSSR count). The second kappa shape index (κ2) is 4.33. The Morgan fingerprint density at radius 2 is 1.60 bits per heavy atom. The highest BCUT2D eigenvalue weighted by Gasteiger charge is 2.39. The molecule has 0 aliphatic heterocycles. The first-order chi connectivity index (χ1) is 6.98. The minimum atomic E-state index is -3.58. The molecule has 0 aliphatic rings. The molecule has 15 heavy (non-hydrogen) atoms. The molecule has 2 N–H and O–H groups in total. The average Bonchev–Trinajstić information content (AvgIpc) is 2.20. The van der Waals surface area contributed by atoms with Crippen molar-refractivity contribution in [2.75, 3.05) is 0 Å². The van der Waals surface area contributed by atoms with Gasteiger partial charge in [-0.15, -0.1) is 0 Å². The number of primary sulfonamides is 1. The smallest absolute Gasteiger partial charge is 0.219 e. The summed E-state index contributed by atoms with van der Waals surface area (Å²) in [5.41, 5.74) is 0.775. The Balaban J connectivity index is 3.37. The van der Waals surface area contributed by atoms with Crippen LogP contribution < -0.4 is 5.14 Å². The molecule has 0 radical (unpaired) electrons. The van der Waals surface area contributed by atoms with Crippen LogP contribution in [-0.4, -0.2) is 8.42 Å². The minimum Gasteiger partial charge on any atom is -0.228 e. The molecule has 0 bridgehead atoms. The zero-order valence-electron chi connectivity index (χ0n) is 9.10. The van der Waals surface area contributed by atoms with Crippen molar-refractivity contribution in [3.05, 3.63) is 35.9 Å². The Labute approximate surface area is 91.4 Å². The van der Waals surface area contributed by atoms with Crippen LogP contribution in [-0.2, 0) is 14.8 Å². The van der Waals surface area contributed by atoms with E-state index in [2.05, 4.69) is 0 Å². The van der Waals surface area contributed by atoms with Crippen LogP contribution in [0.25, 0.3) is 0 Å². The van der Waals surface area contributed by atoms with Crippen LogP contribution in [0.5, 0.6) is 0 Å². The van der Waals surface area contributed by atoms with Gasteiger partial charge in [-0.2, -0.15) is 0 Å². The van der Waals surface area contributed by atoms with E-state index in [-0.39, 0.29) is 0 Å². The molecular formula is C11H17NO2S. The maximum atomic E-state index is 11.7. The Hall–Kier alpha value is -0.870. The van der Waals surface area contributed by atoms with Gasteiger partial charge in [0, 0.05) is 0 Å². The maximum absolute atomic E-state index is 11.7. The van der Waals surface area contributed by atoms with Gasteiger partial charge in [0.15, 0.2) is 0 Å². The third-order valence-corrected chi connectivity index (χ3v) is 4.89. The molecule has 0 spiro atoms. The van der Waals surface area contributed by atoms with Crippen molar-refractivity contribution in [3.63, 3.8) is 0 Å². The molecule has 0 amide bonds. The second-order valence-electron chi connectivity index (χ2n) is 3.61. The number of rotatable bonds is 4. The minimum absolute atomic E-state index is 0.492. The molecule has 3 nitrogen and oxygen atoms in total. The van der Waals surface area contributed by atoms with E-state index in [4.69, 9.17) is 5.14 Å². The van der Waals surface area contributed by atoms with Gasteiger partial charge in [-0.05, 0) is 18.4 Å². The van der Waals surface area contributed by atoms with Gasteiger partial charge in [-0.3, -0.25) is 0 Å². The van der Waals surface area contributed by atoms with E-state index in [9.17, 15) is 8.42 Å². The van der Waals surface area contributed by atoms with E-state index in [1.807, 2.05) is 44.2 Å². The van der Waals surface area contributed by atoms with E-state index < -0.39 is 14.8 Å². The van der Waals surface area contributed by atoms with E-state index >= 15 is 0 Å². The summed E-state index contributed by atoms with van der Waals surface area (Å²) in [6.07, 6.45) is 0.985. The average molecular weight is 227 g/mol. The summed E-state index contributed by atoms with van der Waals surface area (Å²) < 4.78 is 22.5. The SMILES string of the molecule is CCC(CC)(c1ccccc1)S(N)(=O)=O. The van der Waals surface area contributed by atoms with Crippen LogP contribution in [0.4, 0.5) is 0 Å². The molecule has 1 aromatic carbocycles. The van der Waals surface area contributed by atoms with Crippen molar-refractivity contribution in [1.82, 2.24) is 0 Å². The van der Waals surface area contributed by atoms with Crippen LogP contribution in [0.3, 0.4) is 0 Å². The molecule has 0 heterocycles. The lowest BCUT2D eigenvalue weighted by Gasteiger charge is -2.29. The zero-order valence-corrected chi connectivity index (χ0v) is 9.92. The highest BCUT2D eigenvalue weighted by Crippen LogP contribution is 2.35. The summed E-state index contributed by atoms with van der Waals surface area (Å²) in [7, 11) is -3.58. The van der Waals surface area contributed by atoms with Crippen molar-refractivity contribution in [2.45, 2.75) is 31.4 Å². The number of benzene rings is 1. The summed E-state index contributed by atoms with van der Waals surface area (Å²) in [6.45, 7) is 3.70. The van der Waals surface area contributed by atoms with Crippen LogP contribution >= 0.6 is 0 Å². The van der Waals surface area contributed by atoms with Crippen LogP contribution in [0.15, 0.2) is 30.3 Å². The molecule has 0 unspecified atom stereocenters. The van der Waals surface area contributed by atoms with E-state index in [0.29, 0.717) is 12.8 Å². The fraction of sp³-hybridized carbons (Fsp3) is 0.455. The predicted octanol–water partition coefficient (Wildman–Crippen LogP) is 1.99. The largest absolute Gasteiger partial charge is 0.228 e. The third kappa shape index (κ3) is 2.06. The van der Waals surface area contributed by atoms with Gasteiger partial charge < -0.3 is 0 Å². The summed E-state index contributed by atoms with van der Waals surface area (Å²) in [5.74, 6) is 0. The van der Waals surface area contributed by atoms with E-state index in [1.165, 1.54) is 0 Å². The van der Waals surface area contributed by atoms with Crippen molar-refractivity contribution in [2.24, 2.45) is 5.14 Å². The van der Waals surface area contributed by atoms with Gasteiger partial charge in [0.1, 0.15) is 4.75 Å². The van der Waals surface area contributed by atoms with Crippen molar-refractivity contribution in [1.29, 1.82) is 0 Å². The normalized spacial score (nSPS) is 12.7. The quantitative estimate of drug-likeness (QED) is 0.855. The summed E-state index contributed by atoms with van der Waals surface area (Å²) in [5, 5.41) is 5.34. The Morgan fingerprint density at radius 1 is 1.13 bits per heavy atom. The Kier molecular flexibility index (Phi) is 3.52. The molecule has 0 saturated heterocycles. The van der Waals surface area contributed by atoms with Gasteiger partial charge in [0.25, 0.3) is 0 Å². The first-order valence-electron chi connectivity index (χ1n) is 5.06. The maximum Gasteiger partial charge on any atom is 0.219 e. The lowest BCUT2D eigenvalue weighted by Crippen LogP contribution is -2.39. The lowest BCUT2D eigenvalue weighted by molar-refractivity contribution is 0.495. The lowest BCUT2D eigenvalue weighted by atomic mass is 9.93. The zero-order chi connectivity index (χ0) is 11.5. The fourth-order valence-corrected chi connectivity index (χ4v) is 3.24. The summed E-state index contributed by atoms with van der Waals surface area (Å²) >= 11 is 0. The standard InChI is InChI=1S/C11H17NO2S/c1-3-11(4-2,15(12,13)14)10-8-6-5-7-9-10/h5-9H,3-4H2,1-2H3,(H2,12,13,14). The fourth-order valence-electron chi connectivity index (χ4n) is 1.97. The molecular weight excluding hydrogens is 210 g/mol. The summed E-state index contributed by atoms with van der Waals surface area (Å²) in [4.78, 5) is 0. The predicted molar refractivity (Wildman–Crippen MR) is 61.8 cm³/mol. The molecule has 0 aromatic heterocycles. The summed E-state index contributed by atoms with van der Waals surface area (Å²) in [6, 6.07) is 9.17. The number of hydrogen-bond acceptors (Lipinski definition) is 2. The molecule has 4 heteroatoms.